The Bertz CT molecular complexity index is 411. The van der Waals surface area contributed by atoms with Crippen molar-refractivity contribution in [3.05, 3.63) is 16.1 Å². The average molecular weight is 279 g/mol. The van der Waals surface area contributed by atoms with Crippen LogP contribution in [0.25, 0.3) is 0 Å². The van der Waals surface area contributed by atoms with Crippen LogP contribution in [0.2, 0.25) is 0 Å². The molecule has 106 valence electrons. The lowest BCUT2D eigenvalue weighted by atomic mass is 9.93. The molecular formula is C15H25N3S. The molecular weight excluding hydrogens is 254 g/mol. The fourth-order valence-corrected chi connectivity index (χ4v) is 4.53. The maximum absolute atomic E-state index is 4.62. The fourth-order valence-electron chi connectivity index (χ4n) is 3.72. The normalized spacial score (nSPS) is 32.8. The molecule has 0 amide bonds. The number of hydrogen-bond donors (Lipinski definition) is 2. The average Bonchev–Trinajstić information content (AvgIpc) is 3.07. The van der Waals surface area contributed by atoms with Crippen molar-refractivity contribution in [3.63, 3.8) is 0 Å². The van der Waals surface area contributed by atoms with Crippen molar-refractivity contribution in [3.8, 4) is 0 Å². The Kier molecular flexibility index (Phi) is 4.20. The number of nitrogens with one attached hydrogen (secondary N) is 2. The van der Waals surface area contributed by atoms with E-state index in [1.54, 1.807) is 11.3 Å². The van der Waals surface area contributed by atoms with E-state index in [-0.39, 0.29) is 0 Å². The molecule has 3 nitrogen and oxygen atoms in total. The van der Waals surface area contributed by atoms with Gasteiger partial charge in [0.1, 0.15) is 5.01 Å². The molecule has 3 rings (SSSR count). The standard InChI is InChI=1S/C15H25N3S/c1-10-9-19-15(17-10)11(2)18-14-6-3-5-12(14)13-7-4-8-16-13/h9,11-14,16,18H,3-8H2,1-2H3. The van der Waals surface area contributed by atoms with E-state index in [0.29, 0.717) is 12.1 Å². The van der Waals surface area contributed by atoms with Crippen molar-refractivity contribution in [1.29, 1.82) is 0 Å². The first-order valence-corrected chi connectivity index (χ1v) is 8.53. The number of aryl methyl sites for hydroxylation is 1. The van der Waals surface area contributed by atoms with Crippen LogP contribution in [0.3, 0.4) is 0 Å². The van der Waals surface area contributed by atoms with E-state index < -0.39 is 0 Å². The molecule has 1 saturated heterocycles. The predicted molar refractivity (Wildman–Crippen MR) is 80.6 cm³/mol. The Morgan fingerprint density at radius 3 is 2.95 bits per heavy atom. The number of rotatable bonds is 4. The minimum Gasteiger partial charge on any atom is -0.314 e. The second-order valence-corrected chi connectivity index (χ2v) is 7.01. The summed E-state index contributed by atoms with van der Waals surface area (Å²) in [6, 6.07) is 1.82. The Balaban J connectivity index is 1.61. The van der Waals surface area contributed by atoms with Gasteiger partial charge in [-0.25, -0.2) is 4.98 Å². The van der Waals surface area contributed by atoms with Crippen LogP contribution >= 0.6 is 11.3 Å². The van der Waals surface area contributed by atoms with E-state index >= 15 is 0 Å². The summed E-state index contributed by atoms with van der Waals surface area (Å²) in [5.41, 5.74) is 1.15. The van der Waals surface area contributed by atoms with Gasteiger partial charge >= 0.3 is 0 Å². The van der Waals surface area contributed by atoms with Crippen LogP contribution in [0.5, 0.6) is 0 Å². The minimum absolute atomic E-state index is 0.394. The smallest absolute Gasteiger partial charge is 0.110 e. The molecule has 0 spiro atoms. The SMILES string of the molecule is Cc1csc(C(C)NC2CCCC2C2CCCN2)n1. The molecule has 1 saturated carbocycles. The quantitative estimate of drug-likeness (QED) is 0.889. The van der Waals surface area contributed by atoms with Gasteiger partial charge in [-0.2, -0.15) is 0 Å². The Hall–Kier alpha value is -0.450. The summed E-state index contributed by atoms with van der Waals surface area (Å²) in [6.07, 6.45) is 6.82. The van der Waals surface area contributed by atoms with Gasteiger partial charge in [-0.05, 0) is 52.0 Å². The molecule has 0 radical (unpaired) electrons. The third-order valence-corrected chi connectivity index (χ3v) is 5.80. The summed E-state index contributed by atoms with van der Waals surface area (Å²) in [7, 11) is 0. The molecule has 1 aliphatic heterocycles. The highest BCUT2D eigenvalue weighted by atomic mass is 32.1. The zero-order valence-corrected chi connectivity index (χ0v) is 12.8. The lowest BCUT2D eigenvalue weighted by Gasteiger charge is -2.28. The molecule has 1 aromatic rings. The van der Waals surface area contributed by atoms with Crippen LogP contribution in [-0.2, 0) is 0 Å². The summed E-state index contributed by atoms with van der Waals surface area (Å²) >= 11 is 1.79. The Morgan fingerprint density at radius 1 is 1.37 bits per heavy atom. The van der Waals surface area contributed by atoms with Crippen molar-refractivity contribution in [2.24, 2.45) is 5.92 Å². The van der Waals surface area contributed by atoms with Crippen LogP contribution in [0.1, 0.15) is 55.8 Å². The van der Waals surface area contributed by atoms with Crippen molar-refractivity contribution >= 4 is 11.3 Å². The molecule has 2 heterocycles. The van der Waals surface area contributed by atoms with Crippen LogP contribution in [0.4, 0.5) is 0 Å². The van der Waals surface area contributed by atoms with E-state index in [0.717, 1.165) is 17.7 Å². The monoisotopic (exact) mass is 279 g/mol. The molecule has 4 unspecified atom stereocenters. The van der Waals surface area contributed by atoms with Gasteiger partial charge in [0.25, 0.3) is 0 Å². The molecule has 4 atom stereocenters. The van der Waals surface area contributed by atoms with Gasteiger partial charge in [-0.15, -0.1) is 11.3 Å². The summed E-state index contributed by atoms with van der Waals surface area (Å²) in [4.78, 5) is 4.62. The molecule has 4 heteroatoms. The molecule has 0 bridgehead atoms. The molecule has 2 fully saturated rings. The molecule has 1 aliphatic carbocycles. The minimum atomic E-state index is 0.394. The summed E-state index contributed by atoms with van der Waals surface area (Å²) < 4.78 is 0. The van der Waals surface area contributed by atoms with Crippen LogP contribution < -0.4 is 10.6 Å². The van der Waals surface area contributed by atoms with Gasteiger partial charge < -0.3 is 10.6 Å². The van der Waals surface area contributed by atoms with E-state index in [1.807, 2.05) is 0 Å². The lowest BCUT2D eigenvalue weighted by Crippen LogP contribution is -2.42. The fraction of sp³-hybridized carbons (Fsp3) is 0.800. The number of hydrogen-bond acceptors (Lipinski definition) is 4. The van der Waals surface area contributed by atoms with Crippen molar-refractivity contribution in [2.75, 3.05) is 6.54 Å². The molecule has 0 aromatic carbocycles. The third-order valence-electron chi connectivity index (χ3n) is 4.66. The van der Waals surface area contributed by atoms with Gasteiger partial charge in [0, 0.05) is 23.2 Å². The van der Waals surface area contributed by atoms with E-state index in [1.165, 1.54) is 43.7 Å². The Labute approximate surface area is 120 Å². The molecule has 19 heavy (non-hydrogen) atoms. The van der Waals surface area contributed by atoms with E-state index in [9.17, 15) is 0 Å². The lowest BCUT2D eigenvalue weighted by molar-refractivity contribution is 0.303. The van der Waals surface area contributed by atoms with Crippen molar-refractivity contribution < 1.29 is 0 Å². The molecule has 2 aliphatic rings. The first-order chi connectivity index (χ1) is 9.24. The van der Waals surface area contributed by atoms with E-state index in [4.69, 9.17) is 0 Å². The zero-order valence-electron chi connectivity index (χ0n) is 12.0. The van der Waals surface area contributed by atoms with Crippen molar-refractivity contribution in [2.45, 2.75) is 64.1 Å². The molecule has 2 N–H and O–H groups in total. The number of nitrogens with zero attached hydrogens (tertiary/aromatic N) is 1. The van der Waals surface area contributed by atoms with Gasteiger partial charge in [0.2, 0.25) is 0 Å². The third kappa shape index (κ3) is 3.01. The predicted octanol–water partition coefficient (Wildman–Crippen LogP) is 3.02. The van der Waals surface area contributed by atoms with Gasteiger partial charge in [-0.3, -0.25) is 0 Å². The van der Waals surface area contributed by atoms with Crippen LogP contribution in [-0.4, -0.2) is 23.6 Å². The first-order valence-electron chi connectivity index (χ1n) is 7.65. The first kappa shape index (κ1) is 13.5. The zero-order chi connectivity index (χ0) is 13.2. The highest BCUT2D eigenvalue weighted by Gasteiger charge is 2.35. The maximum Gasteiger partial charge on any atom is 0.110 e. The van der Waals surface area contributed by atoms with Crippen LogP contribution in [0, 0.1) is 12.8 Å². The maximum atomic E-state index is 4.62. The van der Waals surface area contributed by atoms with Gasteiger partial charge in [0.05, 0.1) is 6.04 Å². The van der Waals surface area contributed by atoms with Crippen LogP contribution in [0.15, 0.2) is 5.38 Å². The van der Waals surface area contributed by atoms with Gasteiger partial charge in [-0.1, -0.05) is 6.42 Å². The molecule has 1 aromatic heterocycles. The summed E-state index contributed by atoms with van der Waals surface area (Å²) in [5, 5.41) is 10.9. The largest absolute Gasteiger partial charge is 0.314 e. The van der Waals surface area contributed by atoms with Crippen molar-refractivity contribution in [1.82, 2.24) is 15.6 Å². The highest BCUT2D eigenvalue weighted by Crippen LogP contribution is 2.33. The summed E-state index contributed by atoms with van der Waals surface area (Å²) in [5.74, 6) is 0.825. The number of thiazole rings is 1. The highest BCUT2D eigenvalue weighted by molar-refractivity contribution is 7.09. The topological polar surface area (TPSA) is 37.0 Å². The second-order valence-electron chi connectivity index (χ2n) is 6.12. The Morgan fingerprint density at radius 2 is 2.26 bits per heavy atom. The van der Waals surface area contributed by atoms with Gasteiger partial charge in [0.15, 0.2) is 0 Å². The number of aromatic nitrogens is 1. The van der Waals surface area contributed by atoms with E-state index in [2.05, 4.69) is 34.8 Å². The summed E-state index contributed by atoms with van der Waals surface area (Å²) in [6.45, 7) is 5.55. The second kappa shape index (κ2) is 5.90.